The Morgan fingerprint density at radius 2 is 2.40 bits per heavy atom. The second-order valence-electron chi connectivity index (χ2n) is 3.83. The van der Waals surface area contributed by atoms with Crippen LogP contribution in [0.4, 0.5) is 5.82 Å². The van der Waals surface area contributed by atoms with Crippen LogP contribution in [0.1, 0.15) is 12.8 Å². The summed E-state index contributed by atoms with van der Waals surface area (Å²) in [6, 6.07) is 1.99. The van der Waals surface area contributed by atoms with Crippen molar-refractivity contribution in [3.8, 4) is 5.88 Å². The second-order valence-corrected chi connectivity index (χ2v) is 3.83. The molecule has 5 nitrogen and oxygen atoms in total. The fraction of sp³-hybridized carbons (Fsp3) is 0.600. The minimum atomic E-state index is 0.228. The average Bonchev–Trinajstić information content (AvgIpc) is 3.10. The number of methoxy groups -OCH3 is 1. The Bertz CT molecular complexity index is 327. The number of hydrogen-bond donors (Lipinski definition) is 2. The Labute approximate surface area is 89.1 Å². The number of ether oxygens (including phenoxy) is 1. The first-order valence-electron chi connectivity index (χ1n) is 5.15. The lowest BCUT2D eigenvalue weighted by Gasteiger charge is -2.11. The molecule has 1 saturated carbocycles. The van der Waals surface area contributed by atoms with Gasteiger partial charge in [0.2, 0.25) is 5.88 Å². The largest absolute Gasteiger partial charge is 0.481 e. The minimum Gasteiger partial charge on any atom is -0.481 e. The Hall–Kier alpha value is -1.36. The summed E-state index contributed by atoms with van der Waals surface area (Å²) in [6.07, 6.45) is 4.00. The molecule has 1 heterocycles. The molecule has 0 amide bonds. The number of aromatic nitrogens is 2. The van der Waals surface area contributed by atoms with Crippen LogP contribution in [0.25, 0.3) is 0 Å². The van der Waals surface area contributed by atoms with Crippen molar-refractivity contribution in [3.63, 3.8) is 0 Å². The van der Waals surface area contributed by atoms with Crippen LogP contribution in [0.3, 0.4) is 0 Å². The van der Waals surface area contributed by atoms with E-state index in [9.17, 15) is 0 Å². The van der Waals surface area contributed by atoms with Gasteiger partial charge in [0, 0.05) is 18.7 Å². The van der Waals surface area contributed by atoms with Gasteiger partial charge in [-0.05, 0) is 18.8 Å². The van der Waals surface area contributed by atoms with Crippen molar-refractivity contribution in [3.05, 3.63) is 12.4 Å². The smallest absolute Gasteiger partial charge is 0.218 e. The van der Waals surface area contributed by atoms with Crippen molar-refractivity contribution in [2.24, 2.45) is 11.7 Å². The summed E-state index contributed by atoms with van der Waals surface area (Å²) in [5.74, 6) is 2.02. The molecule has 0 spiro atoms. The molecule has 1 aliphatic carbocycles. The minimum absolute atomic E-state index is 0.228. The highest BCUT2D eigenvalue weighted by atomic mass is 16.5. The van der Waals surface area contributed by atoms with Gasteiger partial charge in [-0.1, -0.05) is 0 Å². The van der Waals surface area contributed by atoms with Crippen molar-refractivity contribution in [2.75, 3.05) is 19.0 Å². The lowest BCUT2D eigenvalue weighted by molar-refractivity contribution is 0.397. The second kappa shape index (κ2) is 4.44. The Morgan fingerprint density at radius 1 is 1.60 bits per heavy atom. The van der Waals surface area contributed by atoms with Crippen molar-refractivity contribution < 1.29 is 4.74 Å². The monoisotopic (exact) mass is 208 g/mol. The number of rotatable bonds is 5. The molecule has 1 aromatic rings. The molecule has 1 aromatic heterocycles. The van der Waals surface area contributed by atoms with E-state index < -0.39 is 0 Å². The fourth-order valence-corrected chi connectivity index (χ4v) is 1.46. The first kappa shape index (κ1) is 10.2. The summed E-state index contributed by atoms with van der Waals surface area (Å²) in [6.45, 7) is 0.755. The van der Waals surface area contributed by atoms with Gasteiger partial charge in [-0.2, -0.15) is 0 Å². The van der Waals surface area contributed by atoms with E-state index in [1.807, 2.05) is 0 Å². The summed E-state index contributed by atoms with van der Waals surface area (Å²) in [7, 11) is 1.59. The molecule has 15 heavy (non-hydrogen) atoms. The number of nitrogens with one attached hydrogen (secondary N) is 1. The third-order valence-corrected chi connectivity index (χ3v) is 2.60. The SMILES string of the molecule is COc1cc(NCC(N)C2CC2)ncn1. The normalized spacial score (nSPS) is 17.2. The maximum atomic E-state index is 5.96. The van der Waals surface area contributed by atoms with Crippen LogP contribution in [-0.2, 0) is 0 Å². The Balaban J connectivity index is 1.86. The summed E-state index contributed by atoms with van der Waals surface area (Å²) in [5.41, 5.74) is 5.96. The molecule has 1 aliphatic rings. The van der Waals surface area contributed by atoms with Crippen molar-refractivity contribution in [1.82, 2.24) is 9.97 Å². The van der Waals surface area contributed by atoms with Crippen molar-refractivity contribution in [2.45, 2.75) is 18.9 Å². The first-order valence-corrected chi connectivity index (χ1v) is 5.15. The van der Waals surface area contributed by atoms with Crippen molar-refractivity contribution in [1.29, 1.82) is 0 Å². The van der Waals surface area contributed by atoms with Gasteiger partial charge in [0.25, 0.3) is 0 Å². The molecule has 0 radical (unpaired) electrons. The van der Waals surface area contributed by atoms with Crippen molar-refractivity contribution >= 4 is 5.82 Å². The summed E-state index contributed by atoms with van der Waals surface area (Å²) < 4.78 is 5.00. The van der Waals surface area contributed by atoms with E-state index in [4.69, 9.17) is 10.5 Å². The lowest BCUT2D eigenvalue weighted by atomic mass is 10.2. The topological polar surface area (TPSA) is 73.1 Å². The molecule has 3 N–H and O–H groups in total. The van der Waals surface area contributed by atoms with Gasteiger partial charge in [0.05, 0.1) is 7.11 Å². The Morgan fingerprint density at radius 3 is 3.07 bits per heavy atom. The number of nitrogens with zero attached hydrogens (tertiary/aromatic N) is 2. The molecule has 0 aromatic carbocycles. The molecular formula is C10H16N4O. The van der Waals surface area contributed by atoms with E-state index in [0.29, 0.717) is 11.8 Å². The molecule has 0 bridgehead atoms. The highest BCUT2D eigenvalue weighted by molar-refractivity contribution is 5.37. The molecule has 1 atom stereocenters. The van der Waals surface area contributed by atoms with Crippen LogP contribution in [0.5, 0.6) is 5.88 Å². The third-order valence-electron chi connectivity index (χ3n) is 2.60. The van der Waals surface area contributed by atoms with Crippen LogP contribution in [0, 0.1) is 5.92 Å². The molecule has 1 fully saturated rings. The zero-order valence-electron chi connectivity index (χ0n) is 8.81. The van der Waals surface area contributed by atoms with E-state index in [0.717, 1.165) is 12.4 Å². The number of hydrogen-bond acceptors (Lipinski definition) is 5. The van der Waals surface area contributed by atoms with E-state index in [-0.39, 0.29) is 6.04 Å². The predicted octanol–water partition coefficient (Wildman–Crippen LogP) is 0.634. The Kier molecular flexibility index (Phi) is 3.01. The van der Waals surface area contributed by atoms with Crippen LogP contribution in [0.2, 0.25) is 0 Å². The first-order chi connectivity index (χ1) is 7.29. The van der Waals surface area contributed by atoms with E-state index in [1.54, 1.807) is 13.2 Å². The summed E-state index contributed by atoms with van der Waals surface area (Å²) >= 11 is 0. The van der Waals surface area contributed by atoms with Gasteiger partial charge >= 0.3 is 0 Å². The quantitative estimate of drug-likeness (QED) is 0.742. The predicted molar refractivity (Wildman–Crippen MR) is 57.8 cm³/mol. The van der Waals surface area contributed by atoms with Crippen LogP contribution >= 0.6 is 0 Å². The van der Waals surface area contributed by atoms with E-state index in [2.05, 4.69) is 15.3 Å². The molecule has 1 unspecified atom stereocenters. The molecular weight excluding hydrogens is 192 g/mol. The standard InChI is InChI=1S/C10H16N4O/c1-15-10-4-9(13-6-14-10)12-5-8(11)7-2-3-7/h4,6-8H,2-3,5,11H2,1H3,(H,12,13,14). The molecule has 82 valence electrons. The third kappa shape index (κ3) is 2.79. The fourth-order valence-electron chi connectivity index (χ4n) is 1.46. The van der Waals surface area contributed by atoms with Gasteiger partial charge in [-0.25, -0.2) is 9.97 Å². The maximum Gasteiger partial charge on any atom is 0.218 e. The molecule has 2 rings (SSSR count). The molecule has 5 heteroatoms. The van der Waals surface area contributed by atoms with E-state index >= 15 is 0 Å². The number of anilines is 1. The average molecular weight is 208 g/mol. The van der Waals surface area contributed by atoms with Gasteiger partial charge in [0.15, 0.2) is 0 Å². The number of nitrogens with two attached hydrogens (primary N) is 1. The van der Waals surface area contributed by atoms with E-state index in [1.165, 1.54) is 19.2 Å². The van der Waals surface area contributed by atoms with Gasteiger partial charge in [0.1, 0.15) is 12.1 Å². The van der Waals surface area contributed by atoms with Gasteiger partial charge in [-0.3, -0.25) is 0 Å². The van der Waals surface area contributed by atoms with Crippen LogP contribution in [0.15, 0.2) is 12.4 Å². The summed E-state index contributed by atoms with van der Waals surface area (Å²) in [5, 5.41) is 3.18. The maximum absolute atomic E-state index is 5.96. The van der Waals surface area contributed by atoms with Crippen LogP contribution < -0.4 is 15.8 Å². The highest BCUT2D eigenvalue weighted by Gasteiger charge is 2.28. The zero-order chi connectivity index (χ0) is 10.7. The van der Waals surface area contributed by atoms with Crippen LogP contribution in [-0.4, -0.2) is 29.7 Å². The van der Waals surface area contributed by atoms with Gasteiger partial charge < -0.3 is 15.8 Å². The molecule has 0 saturated heterocycles. The highest BCUT2D eigenvalue weighted by Crippen LogP contribution is 2.31. The molecule has 0 aliphatic heterocycles. The van der Waals surface area contributed by atoms with Gasteiger partial charge in [-0.15, -0.1) is 0 Å². The summed E-state index contributed by atoms with van der Waals surface area (Å²) in [4.78, 5) is 8.01. The lowest BCUT2D eigenvalue weighted by Crippen LogP contribution is -2.31. The zero-order valence-corrected chi connectivity index (χ0v) is 8.81.